The second-order valence-electron chi connectivity index (χ2n) is 8.75. The minimum atomic E-state index is -0.306. The molecule has 2 aromatic rings. The van der Waals surface area contributed by atoms with Crippen LogP contribution in [-0.4, -0.2) is 29.4 Å². The van der Waals surface area contributed by atoms with Crippen molar-refractivity contribution in [1.82, 2.24) is 4.90 Å². The monoisotopic (exact) mass is 406 g/mol. The Morgan fingerprint density at radius 1 is 0.933 bits per heavy atom. The molecule has 158 valence electrons. The third-order valence-corrected chi connectivity index (χ3v) is 5.02. The maximum absolute atomic E-state index is 13.0. The van der Waals surface area contributed by atoms with E-state index < -0.39 is 0 Å². The van der Waals surface area contributed by atoms with E-state index in [1.807, 2.05) is 62.4 Å². The molecule has 1 aliphatic heterocycles. The van der Waals surface area contributed by atoms with Crippen LogP contribution in [0.1, 0.15) is 52.7 Å². The number of likely N-dealkylation sites (N-methyl/N-ethyl adjacent to an activating group) is 1. The fraction of sp³-hybridized carbons (Fsp3) is 0.360. The van der Waals surface area contributed by atoms with E-state index in [-0.39, 0.29) is 23.3 Å². The molecule has 0 unspecified atom stereocenters. The number of benzene rings is 2. The van der Waals surface area contributed by atoms with Gasteiger partial charge < -0.3 is 10.1 Å². The molecule has 0 radical (unpaired) electrons. The Kier molecular flexibility index (Phi) is 6.01. The number of nitrogens with one attached hydrogen (secondary N) is 1. The lowest BCUT2D eigenvalue weighted by Gasteiger charge is -2.19. The molecular formula is C25H30N2O3. The molecule has 0 aliphatic carbocycles. The highest BCUT2D eigenvalue weighted by molar-refractivity contribution is 6.36. The molecule has 1 heterocycles. The quantitative estimate of drug-likeness (QED) is 0.687. The zero-order chi connectivity index (χ0) is 22.1. The summed E-state index contributed by atoms with van der Waals surface area (Å²) >= 11 is 0. The first-order valence-electron chi connectivity index (χ1n) is 10.4. The van der Waals surface area contributed by atoms with Crippen molar-refractivity contribution >= 4 is 23.1 Å². The Labute approximate surface area is 178 Å². The third kappa shape index (κ3) is 4.40. The molecule has 0 saturated heterocycles. The third-order valence-electron chi connectivity index (χ3n) is 5.02. The van der Waals surface area contributed by atoms with E-state index in [0.717, 1.165) is 11.4 Å². The average Bonchev–Trinajstić information content (AvgIpc) is 2.91. The SMILES string of the molecule is CCN1C(=O)C(Nc2ccc(C(C)(C)C)cc2)=C(c2ccc(OC(C)C)cc2)C1=O. The Balaban J connectivity index is 1.97. The van der Waals surface area contributed by atoms with Crippen molar-refractivity contribution in [1.29, 1.82) is 0 Å². The molecule has 3 rings (SSSR count). The number of carbonyl (C=O) groups is 2. The molecule has 0 spiro atoms. The van der Waals surface area contributed by atoms with E-state index in [0.29, 0.717) is 23.4 Å². The molecule has 30 heavy (non-hydrogen) atoms. The van der Waals surface area contributed by atoms with Crippen molar-refractivity contribution in [2.24, 2.45) is 0 Å². The summed E-state index contributed by atoms with van der Waals surface area (Å²) in [6.07, 6.45) is 0.0636. The Hall–Kier alpha value is -3.08. The maximum Gasteiger partial charge on any atom is 0.278 e. The van der Waals surface area contributed by atoms with Crippen LogP contribution in [0.5, 0.6) is 5.75 Å². The predicted molar refractivity (Wildman–Crippen MR) is 120 cm³/mol. The number of imide groups is 1. The molecule has 0 saturated carbocycles. The first kappa shape index (κ1) is 21.6. The normalized spacial score (nSPS) is 14.7. The highest BCUT2D eigenvalue weighted by atomic mass is 16.5. The van der Waals surface area contributed by atoms with Crippen LogP contribution >= 0.6 is 0 Å². The van der Waals surface area contributed by atoms with Crippen molar-refractivity contribution < 1.29 is 14.3 Å². The van der Waals surface area contributed by atoms with E-state index >= 15 is 0 Å². The lowest BCUT2D eigenvalue weighted by molar-refractivity contribution is -0.136. The molecule has 0 atom stereocenters. The molecule has 0 aromatic heterocycles. The van der Waals surface area contributed by atoms with Gasteiger partial charge in [0.05, 0.1) is 11.7 Å². The van der Waals surface area contributed by atoms with E-state index in [2.05, 4.69) is 26.1 Å². The lowest BCUT2D eigenvalue weighted by Crippen LogP contribution is -2.32. The van der Waals surface area contributed by atoms with Crippen LogP contribution in [0.15, 0.2) is 54.2 Å². The maximum atomic E-state index is 13.0. The molecule has 0 fully saturated rings. The molecule has 2 amide bonds. The van der Waals surface area contributed by atoms with Crippen LogP contribution in [0.2, 0.25) is 0 Å². The number of hydrogen-bond acceptors (Lipinski definition) is 4. The summed E-state index contributed by atoms with van der Waals surface area (Å²) in [5.41, 5.74) is 3.40. The van der Waals surface area contributed by atoms with Crippen LogP contribution in [0.4, 0.5) is 5.69 Å². The van der Waals surface area contributed by atoms with Gasteiger partial charge in [0, 0.05) is 12.2 Å². The highest BCUT2D eigenvalue weighted by Crippen LogP contribution is 2.32. The minimum Gasteiger partial charge on any atom is -0.491 e. The molecule has 0 bridgehead atoms. The summed E-state index contributed by atoms with van der Waals surface area (Å²) in [5.74, 6) is 0.138. The Morgan fingerprint density at radius 3 is 2.03 bits per heavy atom. The van der Waals surface area contributed by atoms with Crippen LogP contribution in [0.25, 0.3) is 5.57 Å². The van der Waals surface area contributed by atoms with E-state index in [1.165, 1.54) is 10.5 Å². The number of amides is 2. The highest BCUT2D eigenvalue weighted by Gasteiger charge is 2.38. The topological polar surface area (TPSA) is 58.6 Å². The average molecular weight is 407 g/mol. The fourth-order valence-corrected chi connectivity index (χ4v) is 3.42. The Morgan fingerprint density at radius 2 is 1.53 bits per heavy atom. The van der Waals surface area contributed by atoms with Gasteiger partial charge in [-0.15, -0.1) is 0 Å². The van der Waals surface area contributed by atoms with Gasteiger partial charge in [-0.3, -0.25) is 14.5 Å². The molecule has 1 aliphatic rings. The van der Waals surface area contributed by atoms with Gasteiger partial charge in [-0.05, 0) is 61.6 Å². The van der Waals surface area contributed by atoms with Gasteiger partial charge in [0.1, 0.15) is 11.4 Å². The largest absolute Gasteiger partial charge is 0.491 e. The summed E-state index contributed by atoms with van der Waals surface area (Å²) in [4.78, 5) is 27.2. The predicted octanol–water partition coefficient (Wildman–Crippen LogP) is 4.98. The van der Waals surface area contributed by atoms with Crippen LogP contribution in [-0.2, 0) is 15.0 Å². The van der Waals surface area contributed by atoms with Crippen molar-refractivity contribution in [2.75, 3.05) is 11.9 Å². The fourth-order valence-electron chi connectivity index (χ4n) is 3.42. The van der Waals surface area contributed by atoms with Gasteiger partial charge in [-0.1, -0.05) is 45.0 Å². The van der Waals surface area contributed by atoms with Crippen molar-refractivity contribution in [3.8, 4) is 5.75 Å². The van der Waals surface area contributed by atoms with Crippen molar-refractivity contribution in [3.63, 3.8) is 0 Å². The van der Waals surface area contributed by atoms with Crippen LogP contribution < -0.4 is 10.1 Å². The molecule has 2 aromatic carbocycles. The Bertz CT molecular complexity index is 965. The second-order valence-corrected chi connectivity index (χ2v) is 8.75. The second kappa shape index (κ2) is 8.34. The van der Waals surface area contributed by atoms with E-state index in [9.17, 15) is 9.59 Å². The summed E-state index contributed by atoms with van der Waals surface area (Å²) in [7, 11) is 0. The van der Waals surface area contributed by atoms with Gasteiger partial charge in [-0.25, -0.2) is 0 Å². The van der Waals surface area contributed by atoms with Gasteiger partial charge in [0.2, 0.25) is 0 Å². The number of rotatable bonds is 6. The number of hydrogen-bond donors (Lipinski definition) is 1. The zero-order valence-electron chi connectivity index (χ0n) is 18.6. The van der Waals surface area contributed by atoms with Gasteiger partial charge in [0.25, 0.3) is 11.8 Å². The summed E-state index contributed by atoms with van der Waals surface area (Å²) < 4.78 is 5.69. The molecular weight excluding hydrogens is 376 g/mol. The summed E-state index contributed by atoms with van der Waals surface area (Å²) in [6, 6.07) is 15.3. The standard InChI is InChI=1S/C25H30N2O3/c1-7-27-23(28)21(17-8-14-20(15-9-17)30-16(2)3)22(24(27)29)26-19-12-10-18(11-13-19)25(4,5)6/h8-16,26H,7H2,1-6H3. The van der Waals surface area contributed by atoms with Crippen molar-refractivity contribution in [3.05, 3.63) is 65.4 Å². The minimum absolute atomic E-state index is 0.0426. The van der Waals surface area contributed by atoms with Crippen molar-refractivity contribution in [2.45, 2.75) is 53.1 Å². The van der Waals surface area contributed by atoms with Gasteiger partial charge >= 0.3 is 0 Å². The summed E-state index contributed by atoms with van der Waals surface area (Å²) in [5, 5.41) is 3.20. The lowest BCUT2D eigenvalue weighted by atomic mass is 9.87. The smallest absolute Gasteiger partial charge is 0.278 e. The number of ether oxygens (including phenoxy) is 1. The summed E-state index contributed by atoms with van der Waals surface area (Å²) in [6.45, 7) is 12.5. The van der Waals surface area contributed by atoms with E-state index in [4.69, 9.17) is 4.74 Å². The zero-order valence-corrected chi connectivity index (χ0v) is 18.6. The first-order valence-corrected chi connectivity index (χ1v) is 10.4. The number of anilines is 1. The number of nitrogens with zero attached hydrogens (tertiary/aromatic N) is 1. The first-order chi connectivity index (χ1) is 14.1. The number of carbonyl (C=O) groups excluding carboxylic acids is 2. The van der Waals surface area contributed by atoms with Gasteiger partial charge in [0.15, 0.2) is 0 Å². The van der Waals surface area contributed by atoms with Gasteiger partial charge in [-0.2, -0.15) is 0 Å². The molecule has 5 heteroatoms. The van der Waals surface area contributed by atoms with E-state index in [1.54, 1.807) is 6.92 Å². The van der Waals surface area contributed by atoms with Crippen LogP contribution in [0, 0.1) is 0 Å². The molecule has 1 N–H and O–H groups in total. The molecule has 5 nitrogen and oxygen atoms in total. The van der Waals surface area contributed by atoms with Crippen LogP contribution in [0.3, 0.4) is 0 Å².